The highest BCUT2D eigenvalue weighted by Gasteiger charge is 2.14. The van der Waals surface area contributed by atoms with Crippen molar-refractivity contribution in [1.82, 2.24) is 0 Å². The van der Waals surface area contributed by atoms with Crippen LogP contribution in [-0.4, -0.2) is 122 Å². The minimum Gasteiger partial charge on any atom is -0.476 e. The maximum Gasteiger partial charge on any atom is 0.372 e. The van der Waals surface area contributed by atoms with E-state index in [0.717, 1.165) is 0 Å². The van der Waals surface area contributed by atoms with E-state index in [9.17, 15) is 14.4 Å². The molecule has 0 aliphatic heterocycles. The van der Waals surface area contributed by atoms with Gasteiger partial charge in [0.05, 0.1) is 92.3 Å². The Balaban J connectivity index is 3.15. The second-order valence-electron chi connectivity index (χ2n) is 6.32. The summed E-state index contributed by atoms with van der Waals surface area (Å²) in [7, 11) is 0. The quantitative estimate of drug-likeness (QED) is 0.101. The number of hydrogen-bond acceptors (Lipinski definition) is 11. The lowest BCUT2D eigenvalue weighted by Gasteiger charge is -2.08. The number of esters is 1. The molecule has 0 atom stereocenters. The molecule has 0 amide bonds. The third-order valence-electron chi connectivity index (χ3n) is 3.72. The SMILES string of the molecule is CCOCCOCCOCCOCCOCCOCCOCCOC(=O)CCC(=O)C(=O)O. The van der Waals surface area contributed by atoms with Crippen molar-refractivity contribution < 1.29 is 57.4 Å². The van der Waals surface area contributed by atoms with Gasteiger partial charge in [0.15, 0.2) is 0 Å². The average molecular weight is 483 g/mol. The number of ether oxygens (including phenoxy) is 8. The first-order valence-electron chi connectivity index (χ1n) is 11.0. The first-order chi connectivity index (χ1) is 16.1. The van der Waals surface area contributed by atoms with Crippen molar-refractivity contribution >= 4 is 17.7 Å². The van der Waals surface area contributed by atoms with Crippen molar-refractivity contribution in [1.29, 1.82) is 0 Å². The molecule has 1 N–H and O–H groups in total. The van der Waals surface area contributed by atoms with E-state index in [-0.39, 0.29) is 26.1 Å². The summed E-state index contributed by atoms with van der Waals surface area (Å²) >= 11 is 0. The number of carbonyl (C=O) groups excluding carboxylic acids is 2. The Bertz CT molecular complexity index is 486. The van der Waals surface area contributed by atoms with Crippen LogP contribution in [0.15, 0.2) is 0 Å². The van der Waals surface area contributed by atoms with E-state index in [1.165, 1.54) is 0 Å². The molecule has 194 valence electrons. The lowest BCUT2D eigenvalue weighted by molar-refractivity contribution is -0.151. The van der Waals surface area contributed by atoms with E-state index < -0.39 is 17.7 Å². The van der Waals surface area contributed by atoms with Crippen LogP contribution in [0.4, 0.5) is 0 Å². The molecule has 0 spiro atoms. The van der Waals surface area contributed by atoms with Gasteiger partial charge in [-0.2, -0.15) is 0 Å². The van der Waals surface area contributed by atoms with Crippen LogP contribution in [0, 0.1) is 0 Å². The number of ketones is 1. The molecule has 0 fully saturated rings. The summed E-state index contributed by atoms with van der Waals surface area (Å²) in [6.45, 7) is 8.55. The Morgan fingerprint density at radius 1 is 0.515 bits per heavy atom. The molecule has 0 aliphatic rings. The number of Topliss-reactive ketones (excluding diaryl/α,β-unsaturated/α-hetero) is 1. The lowest BCUT2D eigenvalue weighted by Crippen LogP contribution is -2.17. The fourth-order valence-corrected chi connectivity index (χ4v) is 2.07. The Morgan fingerprint density at radius 3 is 1.18 bits per heavy atom. The summed E-state index contributed by atoms with van der Waals surface area (Å²) in [5.74, 6) is -3.22. The highest BCUT2D eigenvalue weighted by Crippen LogP contribution is 1.95. The van der Waals surface area contributed by atoms with E-state index in [1.54, 1.807) is 0 Å². The third kappa shape index (κ3) is 24.8. The number of aliphatic carboxylic acids is 1. The molecule has 0 rings (SSSR count). The van der Waals surface area contributed by atoms with Crippen molar-refractivity contribution in [3.63, 3.8) is 0 Å². The van der Waals surface area contributed by atoms with Crippen molar-refractivity contribution in [3.05, 3.63) is 0 Å². The maximum atomic E-state index is 11.3. The Hall–Kier alpha value is -1.67. The molecule has 0 saturated carbocycles. The topological polar surface area (TPSA) is 145 Å². The van der Waals surface area contributed by atoms with E-state index in [2.05, 4.69) is 0 Å². The zero-order chi connectivity index (χ0) is 24.4. The molecule has 12 heteroatoms. The van der Waals surface area contributed by atoms with Gasteiger partial charge >= 0.3 is 11.9 Å². The van der Waals surface area contributed by atoms with E-state index in [1.807, 2.05) is 6.92 Å². The van der Waals surface area contributed by atoms with Crippen LogP contribution in [0.5, 0.6) is 0 Å². The summed E-state index contributed by atoms with van der Waals surface area (Å²) in [4.78, 5) is 32.5. The molecular formula is C21H38O12. The van der Waals surface area contributed by atoms with Gasteiger partial charge in [0.25, 0.3) is 0 Å². The first kappa shape index (κ1) is 31.3. The predicted octanol–water partition coefficient (Wildman–Crippen LogP) is 0.0996. The Morgan fingerprint density at radius 2 is 0.848 bits per heavy atom. The second kappa shape index (κ2) is 25.0. The summed E-state index contributed by atoms with van der Waals surface area (Å²) in [6.07, 6.45) is -0.643. The van der Waals surface area contributed by atoms with Gasteiger partial charge in [-0.05, 0) is 6.92 Å². The molecule has 0 aromatic heterocycles. The maximum absolute atomic E-state index is 11.3. The van der Waals surface area contributed by atoms with Gasteiger partial charge < -0.3 is 43.0 Å². The lowest BCUT2D eigenvalue weighted by atomic mass is 10.2. The highest BCUT2D eigenvalue weighted by atomic mass is 16.6. The average Bonchev–Trinajstić information content (AvgIpc) is 2.80. The van der Waals surface area contributed by atoms with E-state index in [0.29, 0.717) is 85.9 Å². The van der Waals surface area contributed by atoms with Crippen LogP contribution < -0.4 is 0 Å². The van der Waals surface area contributed by atoms with E-state index in [4.69, 9.17) is 43.0 Å². The minimum absolute atomic E-state index is 0.0243. The predicted molar refractivity (Wildman–Crippen MR) is 114 cm³/mol. The molecule has 0 aromatic rings. The van der Waals surface area contributed by atoms with Gasteiger partial charge in [0, 0.05) is 13.0 Å². The fraction of sp³-hybridized carbons (Fsp3) is 0.857. The number of carboxylic acid groups (broad SMARTS) is 1. The summed E-state index contributed by atoms with van der Waals surface area (Å²) in [5.41, 5.74) is 0. The van der Waals surface area contributed by atoms with Crippen LogP contribution in [-0.2, 0) is 52.3 Å². The normalized spacial score (nSPS) is 10.9. The molecule has 0 saturated heterocycles. The van der Waals surface area contributed by atoms with Crippen molar-refractivity contribution in [2.75, 3.05) is 99.1 Å². The summed E-state index contributed by atoms with van der Waals surface area (Å²) < 4.78 is 42.0. The summed E-state index contributed by atoms with van der Waals surface area (Å²) in [5, 5.41) is 8.40. The fourth-order valence-electron chi connectivity index (χ4n) is 2.07. The van der Waals surface area contributed by atoms with Gasteiger partial charge in [-0.1, -0.05) is 0 Å². The Labute approximate surface area is 194 Å². The standard InChI is InChI=1S/C21H38O12/c1-2-26-5-6-27-7-8-28-9-10-29-11-12-30-13-14-31-15-16-32-17-18-33-20(23)4-3-19(22)21(24)25/h2-18H2,1H3,(H,24,25). The van der Waals surface area contributed by atoms with Crippen molar-refractivity contribution in [3.8, 4) is 0 Å². The van der Waals surface area contributed by atoms with Crippen LogP contribution in [0.25, 0.3) is 0 Å². The molecule has 0 aliphatic carbocycles. The van der Waals surface area contributed by atoms with Gasteiger partial charge in [0.2, 0.25) is 5.78 Å². The molecule has 12 nitrogen and oxygen atoms in total. The molecule has 33 heavy (non-hydrogen) atoms. The molecule has 0 heterocycles. The number of rotatable bonds is 26. The van der Waals surface area contributed by atoms with Crippen LogP contribution >= 0.6 is 0 Å². The zero-order valence-corrected chi connectivity index (χ0v) is 19.5. The van der Waals surface area contributed by atoms with Gasteiger partial charge in [0.1, 0.15) is 6.61 Å². The zero-order valence-electron chi connectivity index (χ0n) is 19.5. The monoisotopic (exact) mass is 482 g/mol. The van der Waals surface area contributed by atoms with Crippen molar-refractivity contribution in [2.45, 2.75) is 19.8 Å². The Kier molecular flexibility index (Phi) is 23.7. The van der Waals surface area contributed by atoms with Gasteiger partial charge in [-0.25, -0.2) is 4.79 Å². The largest absolute Gasteiger partial charge is 0.476 e. The van der Waals surface area contributed by atoms with Gasteiger partial charge in [-0.15, -0.1) is 0 Å². The van der Waals surface area contributed by atoms with Crippen molar-refractivity contribution in [2.24, 2.45) is 0 Å². The smallest absolute Gasteiger partial charge is 0.372 e. The third-order valence-corrected chi connectivity index (χ3v) is 3.72. The van der Waals surface area contributed by atoms with Crippen LogP contribution in [0.3, 0.4) is 0 Å². The molecule has 0 aromatic carbocycles. The summed E-state index contributed by atoms with van der Waals surface area (Å²) in [6, 6.07) is 0. The molecule has 0 radical (unpaired) electrons. The first-order valence-corrected chi connectivity index (χ1v) is 11.0. The number of carbonyl (C=O) groups is 3. The molecule has 0 unspecified atom stereocenters. The second-order valence-corrected chi connectivity index (χ2v) is 6.32. The number of hydrogen-bond donors (Lipinski definition) is 1. The van der Waals surface area contributed by atoms with E-state index >= 15 is 0 Å². The number of carboxylic acids is 1. The van der Waals surface area contributed by atoms with Crippen LogP contribution in [0.2, 0.25) is 0 Å². The highest BCUT2D eigenvalue weighted by molar-refractivity contribution is 6.32. The van der Waals surface area contributed by atoms with Gasteiger partial charge in [-0.3, -0.25) is 9.59 Å². The minimum atomic E-state index is -1.56. The molecular weight excluding hydrogens is 444 g/mol. The van der Waals surface area contributed by atoms with Crippen LogP contribution in [0.1, 0.15) is 19.8 Å². The molecule has 0 bridgehead atoms.